The van der Waals surface area contributed by atoms with Gasteiger partial charge in [-0.25, -0.2) is 0 Å². The molecule has 2 heterocycles. The molecule has 148 valence electrons. The lowest BCUT2D eigenvalue weighted by Gasteiger charge is -2.30. The van der Waals surface area contributed by atoms with Gasteiger partial charge in [0.05, 0.1) is 35.5 Å². The lowest BCUT2D eigenvalue weighted by atomic mass is 10.0. The van der Waals surface area contributed by atoms with Gasteiger partial charge in [-0.1, -0.05) is 12.8 Å². The third-order valence-electron chi connectivity index (χ3n) is 5.77. The maximum atomic E-state index is 13.7. The van der Waals surface area contributed by atoms with Crippen LogP contribution in [-0.2, 0) is 6.54 Å². The monoisotopic (exact) mass is 389 g/mol. The zero-order chi connectivity index (χ0) is 20.5. The quantitative estimate of drug-likeness (QED) is 0.714. The number of fused-ring (bicyclic) bond motifs is 1. The molecule has 1 aliphatic carbocycles. The Morgan fingerprint density at radius 1 is 1.28 bits per heavy atom. The van der Waals surface area contributed by atoms with Crippen molar-refractivity contribution in [2.24, 2.45) is 0 Å². The van der Waals surface area contributed by atoms with Crippen LogP contribution in [0.15, 0.2) is 29.2 Å². The lowest BCUT2D eigenvalue weighted by Crippen LogP contribution is -2.40. The average molecular weight is 389 g/mol. The highest BCUT2D eigenvalue weighted by atomic mass is 16.2. The molecule has 1 aliphatic rings. The van der Waals surface area contributed by atoms with Gasteiger partial charge in [-0.2, -0.15) is 10.4 Å². The molecule has 0 radical (unpaired) electrons. The molecule has 0 aliphatic heterocycles. The van der Waals surface area contributed by atoms with E-state index in [-0.39, 0.29) is 24.1 Å². The first-order chi connectivity index (χ1) is 14.0. The summed E-state index contributed by atoms with van der Waals surface area (Å²) in [6.07, 6.45) is 5.58. The van der Waals surface area contributed by atoms with Gasteiger partial charge >= 0.3 is 0 Å². The number of hydrogen-bond acceptors (Lipinski definition) is 4. The van der Waals surface area contributed by atoms with Crippen LogP contribution in [0.25, 0.3) is 10.9 Å². The van der Waals surface area contributed by atoms with Crippen molar-refractivity contribution >= 4 is 16.8 Å². The highest BCUT2D eigenvalue weighted by Gasteiger charge is 2.30. The Hall–Kier alpha value is -3.40. The van der Waals surface area contributed by atoms with Gasteiger partial charge in [0.15, 0.2) is 0 Å². The Bertz CT molecular complexity index is 1180. The van der Waals surface area contributed by atoms with Gasteiger partial charge in [0.1, 0.15) is 0 Å². The van der Waals surface area contributed by atoms with Crippen LogP contribution in [0.2, 0.25) is 0 Å². The van der Waals surface area contributed by atoms with Crippen molar-refractivity contribution in [3.05, 3.63) is 62.7 Å². The normalized spacial score (nSPS) is 14.2. The maximum Gasteiger partial charge on any atom is 0.255 e. The zero-order valence-electron chi connectivity index (χ0n) is 16.6. The van der Waals surface area contributed by atoms with Gasteiger partial charge in [-0.05, 0) is 50.5 Å². The molecule has 7 nitrogen and oxygen atoms in total. The maximum absolute atomic E-state index is 13.7. The first kappa shape index (κ1) is 18.9. The smallest absolute Gasteiger partial charge is 0.255 e. The zero-order valence-corrected chi connectivity index (χ0v) is 16.6. The van der Waals surface area contributed by atoms with E-state index in [9.17, 15) is 14.9 Å². The molecule has 0 saturated heterocycles. The van der Waals surface area contributed by atoms with Crippen molar-refractivity contribution in [1.29, 1.82) is 5.26 Å². The Kier molecular flexibility index (Phi) is 4.93. The number of nitriles is 1. The summed E-state index contributed by atoms with van der Waals surface area (Å²) in [7, 11) is 0. The van der Waals surface area contributed by atoms with Crippen LogP contribution in [0.1, 0.15) is 58.4 Å². The number of amides is 1. The second-order valence-corrected chi connectivity index (χ2v) is 7.78. The second-order valence-electron chi connectivity index (χ2n) is 7.78. The number of H-pyrrole nitrogens is 2. The molecule has 4 rings (SSSR count). The van der Waals surface area contributed by atoms with Crippen LogP contribution in [0.3, 0.4) is 0 Å². The van der Waals surface area contributed by atoms with Crippen molar-refractivity contribution in [2.45, 2.75) is 52.1 Å². The van der Waals surface area contributed by atoms with Gasteiger partial charge in [0.2, 0.25) is 0 Å². The van der Waals surface area contributed by atoms with Gasteiger partial charge in [-0.15, -0.1) is 0 Å². The summed E-state index contributed by atoms with van der Waals surface area (Å²) in [6.45, 7) is 4.00. The third-order valence-corrected chi connectivity index (χ3v) is 5.77. The molecule has 2 N–H and O–H groups in total. The number of rotatable bonds is 4. The van der Waals surface area contributed by atoms with Crippen molar-refractivity contribution < 1.29 is 4.79 Å². The standard InChI is InChI=1S/C22H23N5O2/c1-13-7-14(2)25-21(28)19(13)12-27(16-5-3-4-6-16)22(29)17-8-15(10-23)9-20-18(17)11-24-26-20/h7-9,11,16H,3-6,12H2,1-2H3,(H,24,26)(H,25,28). The molecule has 7 heteroatoms. The van der Waals surface area contributed by atoms with E-state index < -0.39 is 0 Å². The van der Waals surface area contributed by atoms with Crippen LogP contribution < -0.4 is 5.56 Å². The van der Waals surface area contributed by atoms with E-state index in [1.54, 1.807) is 18.3 Å². The minimum Gasteiger partial charge on any atom is -0.331 e. The number of nitrogens with zero attached hydrogens (tertiary/aromatic N) is 3. The molecule has 1 aromatic carbocycles. The number of pyridine rings is 1. The largest absolute Gasteiger partial charge is 0.331 e. The molecule has 1 saturated carbocycles. The van der Waals surface area contributed by atoms with E-state index in [1.807, 2.05) is 24.8 Å². The van der Waals surface area contributed by atoms with Crippen LogP contribution in [0, 0.1) is 25.2 Å². The molecule has 0 unspecified atom stereocenters. The van der Waals surface area contributed by atoms with Crippen molar-refractivity contribution in [3.8, 4) is 6.07 Å². The summed E-state index contributed by atoms with van der Waals surface area (Å²) in [4.78, 5) is 30.9. The van der Waals surface area contributed by atoms with Gasteiger partial charge in [-0.3, -0.25) is 14.7 Å². The van der Waals surface area contributed by atoms with E-state index in [4.69, 9.17) is 0 Å². The van der Waals surface area contributed by atoms with Crippen LogP contribution in [0.4, 0.5) is 0 Å². The van der Waals surface area contributed by atoms with Crippen molar-refractivity contribution in [2.75, 3.05) is 0 Å². The second kappa shape index (κ2) is 7.55. The molecule has 3 aromatic rings. The molecule has 1 fully saturated rings. The van der Waals surface area contributed by atoms with Crippen molar-refractivity contribution in [1.82, 2.24) is 20.1 Å². The van der Waals surface area contributed by atoms with Crippen LogP contribution in [0.5, 0.6) is 0 Å². The lowest BCUT2D eigenvalue weighted by molar-refractivity contribution is 0.0665. The third kappa shape index (κ3) is 3.54. The molecule has 0 atom stereocenters. The summed E-state index contributed by atoms with van der Waals surface area (Å²) in [5.74, 6) is -0.167. The fourth-order valence-electron chi connectivity index (χ4n) is 4.28. The number of carbonyl (C=O) groups excluding carboxylic acids is 1. The SMILES string of the molecule is Cc1cc(C)c(CN(C(=O)c2cc(C#N)cc3[nH]ncc23)C2CCCC2)c(=O)[nH]1. The summed E-state index contributed by atoms with van der Waals surface area (Å²) >= 11 is 0. The minimum absolute atomic E-state index is 0.0790. The fraction of sp³-hybridized carbons (Fsp3) is 0.364. The number of hydrogen-bond donors (Lipinski definition) is 2. The van der Waals surface area contributed by atoms with E-state index in [0.717, 1.165) is 36.9 Å². The molecular formula is C22H23N5O2. The van der Waals surface area contributed by atoms with Gasteiger partial charge in [0.25, 0.3) is 11.5 Å². The predicted octanol–water partition coefficient (Wildman–Crippen LogP) is 3.32. The Morgan fingerprint density at radius 2 is 2.03 bits per heavy atom. The van der Waals surface area contributed by atoms with E-state index in [1.165, 1.54) is 0 Å². The Labute approximate surface area is 168 Å². The van der Waals surface area contributed by atoms with E-state index in [2.05, 4.69) is 21.3 Å². The molecule has 1 amide bonds. The van der Waals surface area contributed by atoms with E-state index in [0.29, 0.717) is 27.6 Å². The number of aromatic nitrogens is 3. The predicted molar refractivity (Wildman–Crippen MR) is 109 cm³/mol. The van der Waals surface area contributed by atoms with Gasteiger partial charge < -0.3 is 9.88 Å². The van der Waals surface area contributed by atoms with Gasteiger partial charge in [0, 0.05) is 22.7 Å². The average Bonchev–Trinajstić information content (AvgIpc) is 3.37. The first-order valence-electron chi connectivity index (χ1n) is 9.85. The number of carbonyl (C=O) groups is 1. The topological polar surface area (TPSA) is 106 Å². The number of aryl methyl sites for hydroxylation is 2. The fourth-order valence-corrected chi connectivity index (χ4v) is 4.28. The Balaban J connectivity index is 1.79. The first-order valence-corrected chi connectivity index (χ1v) is 9.85. The molecule has 29 heavy (non-hydrogen) atoms. The summed E-state index contributed by atoms with van der Waals surface area (Å²) in [5.41, 5.74) is 3.64. The molecule has 0 bridgehead atoms. The summed E-state index contributed by atoms with van der Waals surface area (Å²) in [6, 6.07) is 7.43. The summed E-state index contributed by atoms with van der Waals surface area (Å²) in [5, 5.41) is 16.9. The van der Waals surface area contributed by atoms with E-state index >= 15 is 0 Å². The highest BCUT2D eigenvalue weighted by Crippen LogP contribution is 2.29. The molecule has 0 spiro atoms. The summed E-state index contributed by atoms with van der Waals surface area (Å²) < 4.78 is 0. The number of aromatic amines is 2. The number of nitrogens with one attached hydrogen (secondary N) is 2. The number of benzene rings is 1. The van der Waals surface area contributed by atoms with Crippen molar-refractivity contribution in [3.63, 3.8) is 0 Å². The molecular weight excluding hydrogens is 366 g/mol. The highest BCUT2D eigenvalue weighted by molar-refractivity contribution is 6.06. The van der Waals surface area contributed by atoms with Crippen LogP contribution in [-0.4, -0.2) is 32.0 Å². The van der Waals surface area contributed by atoms with Crippen LogP contribution >= 0.6 is 0 Å². The molecule has 2 aromatic heterocycles. The minimum atomic E-state index is -0.167. The Morgan fingerprint density at radius 3 is 2.72 bits per heavy atom.